The summed E-state index contributed by atoms with van der Waals surface area (Å²) >= 11 is 0. The van der Waals surface area contributed by atoms with Crippen LogP contribution in [0, 0.1) is 17.0 Å². The Bertz CT molecular complexity index is 312. The Hall–Kier alpha value is -1.78. The summed E-state index contributed by atoms with van der Waals surface area (Å²) < 4.78 is 0. The normalized spacial score (nSPS) is 9.42. The second-order valence-electron chi connectivity index (χ2n) is 2.36. The van der Waals surface area contributed by atoms with E-state index in [1.54, 1.807) is 19.1 Å². The number of aryl methyl sites for hydroxylation is 1. The average molecular weight is 168 g/mol. The van der Waals surface area contributed by atoms with Gasteiger partial charge in [0.2, 0.25) is 0 Å². The van der Waals surface area contributed by atoms with Crippen LogP contribution >= 0.6 is 0 Å². The van der Waals surface area contributed by atoms with E-state index in [1.807, 2.05) is 0 Å². The Labute approximate surface area is 68.9 Å². The van der Waals surface area contributed by atoms with Crippen LogP contribution in [-0.4, -0.2) is 5.09 Å². The van der Waals surface area contributed by atoms with Crippen molar-refractivity contribution in [1.82, 2.24) is 0 Å². The highest BCUT2D eigenvalue weighted by molar-refractivity contribution is 5.53. The topological polar surface area (TPSA) is 78.4 Å². The quantitative estimate of drug-likeness (QED) is 0.408. The minimum absolute atomic E-state index is 0.0833. The third-order valence-corrected chi connectivity index (χ3v) is 1.34. The van der Waals surface area contributed by atoms with Gasteiger partial charge < -0.3 is 5.73 Å². The summed E-state index contributed by atoms with van der Waals surface area (Å²) in [6.07, 6.45) is 0. The van der Waals surface area contributed by atoms with Crippen LogP contribution in [0.5, 0.6) is 5.75 Å². The SMILES string of the molecule is Cc1ccc(N)c(O[N+](=O)[O-])c1. The van der Waals surface area contributed by atoms with Crippen LogP contribution in [0.2, 0.25) is 0 Å². The third kappa shape index (κ3) is 1.85. The first kappa shape index (κ1) is 8.32. The molecule has 1 aromatic rings. The van der Waals surface area contributed by atoms with Crippen LogP contribution in [-0.2, 0) is 0 Å². The van der Waals surface area contributed by atoms with Gasteiger partial charge in [0, 0.05) is 0 Å². The van der Waals surface area contributed by atoms with Crippen LogP contribution in [0.3, 0.4) is 0 Å². The Morgan fingerprint density at radius 2 is 2.25 bits per heavy atom. The second kappa shape index (κ2) is 3.08. The molecular weight excluding hydrogens is 160 g/mol. The molecule has 0 saturated heterocycles. The minimum Gasteiger partial charge on any atom is -0.397 e. The summed E-state index contributed by atoms with van der Waals surface area (Å²) in [5.41, 5.74) is 6.53. The van der Waals surface area contributed by atoms with Gasteiger partial charge in [-0.25, -0.2) is 0 Å². The van der Waals surface area contributed by atoms with Gasteiger partial charge in [0.25, 0.3) is 5.09 Å². The summed E-state index contributed by atoms with van der Waals surface area (Å²) in [4.78, 5) is 14.2. The van der Waals surface area contributed by atoms with Gasteiger partial charge in [0.05, 0.1) is 5.69 Å². The number of nitrogens with two attached hydrogens (primary N) is 1. The van der Waals surface area contributed by atoms with E-state index in [2.05, 4.69) is 4.84 Å². The first-order valence-electron chi connectivity index (χ1n) is 3.28. The van der Waals surface area contributed by atoms with Gasteiger partial charge in [0.15, 0.2) is 0 Å². The smallest absolute Gasteiger partial charge is 0.299 e. The Morgan fingerprint density at radius 1 is 1.58 bits per heavy atom. The lowest BCUT2D eigenvalue weighted by Gasteiger charge is -2.02. The molecule has 0 aliphatic rings. The molecule has 5 nitrogen and oxygen atoms in total. The van der Waals surface area contributed by atoms with Gasteiger partial charge >= 0.3 is 0 Å². The maximum absolute atomic E-state index is 9.96. The molecule has 0 aromatic heterocycles. The summed E-state index contributed by atoms with van der Waals surface area (Å²) in [5, 5.41) is 9.08. The Morgan fingerprint density at radius 3 is 2.83 bits per heavy atom. The fraction of sp³-hybridized carbons (Fsp3) is 0.143. The highest BCUT2D eigenvalue weighted by atomic mass is 17.0. The summed E-state index contributed by atoms with van der Waals surface area (Å²) in [7, 11) is 0. The molecule has 0 bridgehead atoms. The summed E-state index contributed by atoms with van der Waals surface area (Å²) in [5.74, 6) is 0.0833. The van der Waals surface area contributed by atoms with Gasteiger partial charge in [-0.15, -0.1) is 10.1 Å². The zero-order valence-electron chi connectivity index (χ0n) is 6.48. The molecule has 0 unspecified atom stereocenters. The second-order valence-corrected chi connectivity index (χ2v) is 2.36. The number of anilines is 1. The predicted octanol–water partition coefficient (Wildman–Crippen LogP) is 1.15. The van der Waals surface area contributed by atoms with Crippen molar-refractivity contribution in [3.05, 3.63) is 33.9 Å². The van der Waals surface area contributed by atoms with Crippen molar-refractivity contribution in [2.75, 3.05) is 5.73 Å². The van der Waals surface area contributed by atoms with E-state index in [9.17, 15) is 10.1 Å². The van der Waals surface area contributed by atoms with E-state index < -0.39 is 5.09 Å². The molecule has 1 rings (SSSR count). The molecule has 0 heterocycles. The van der Waals surface area contributed by atoms with Gasteiger partial charge in [0.1, 0.15) is 5.75 Å². The van der Waals surface area contributed by atoms with Crippen molar-refractivity contribution in [2.24, 2.45) is 0 Å². The fourth-order valence-corrected chi connectivity index (χ4v) is 0.801. The third-order valence-electron chi connectivity index (χ3n) is 1.34. The maximum Gasteiger partial charge on any atom is 0.299 e. The van der Waals surface area contributed by atoms with Crippen molar-refractivity contribution in [2.45, 2.75) is 6.92 Å². The molecule has 0 fully saturated rings. The Kier molecular flexibility index (Phi) is 2.14. The van der Waals surface area contributed by atoms with Crippen LogP contribution in [0.15, 0.2) is 18.2 Å². The molecule has 12 heavy (non-hydrogen) atoms. The lowest BCUT2D eigenvalue weighted by Crippen LogP contribution is -2.05. The van der Waals surface area contributed by atoms with Crippen LogP contribution < -0.4 is 10.6 Å². The molecule has 0 radical (unpaired) electrons. The number of nitrogen functional groups attached to an aromatic ring is 1. The number of rotatable bonds is 2. The highest BCUT2D eigenvalue weighted by Gasteiger charge is 2.03. The first-order chi connectivity index (χ1) is 5.59. The molecule has 0 atom stereocenters. The lowest BCUT2D eigenvalue weighted by molar-refractivity contribution is -0.710. The lowest BCUT2D eigenvalue weighted by atomic mass is 10.2. The molecule has 0 saturated carbocycles. The van der Waals surface area contributed by atoms with E-state index >= 15 is 0 Å². The van der Waals surface area contributed by atoms with E-state index in [-0.39, 0.29) is 11.4 Å². The number of hydrogen-bond acceptors (Lipinski definition) is 4. The fourth-order valence-electron chi connectivity index (χ4n) is 0.801. The molecule has 64 valence electrons. The highest BCUT2D eigenvalue weighted by Crippen LogP contribution is 2.21. The molecule has 5 heteroatoms. The standard InChI is InChI=1S/C7H8N2O3/c1-5-2-3-6(8)7(4-5)12-9(10)11/h2-4H,8H2,1H3. The molecule has 0 aliphatic heterocycles. The molecule has 0 spiro atoms. The monoisotopic (exact) mass is 168 g/mol. The number of benzene rings is 1. The number of nitrogens with zero attached hydrogens (tertiary/aromatic N) is 1. The van der Waals surface area contributed by atoms with Crippen molar-refractivity contribution in [1.29, 1.82) is 0 Å². The van der Waals surface area contributed by atoms with Crippen LogP contribution in [0.4, 0.5) is 5.69 Å². The zero-order chi connectivity index (χ0) is 9.14. The van der Waals surface area contributed by atoms with Crippen molar-refractivity contribution < 1.29 is 9.92 Å². The van der Waals surface area contributed by atoms with E-state index in [4.69, 9.17) is 5.73 Å². The molecule has 2 N–H and O–H groups in total. The van der Waals surface area contributed by atoms with Crippen molar-refractivity contribution >= 4 is 5.69 Å². The molecule has 0 aliphatic carbocycles. The van der Waals surface area contributed by atoms with E-state index in [0.717, 1.165) is 5.56 Å². The first-order valence-corrected chi connectivity index (χ1v) is 3.28. The average Bonchev–Trinajstić information content (AvgIpc) is 1.96. The van der Waals surface area contributed by atoms with E-state index in [0.29, 0.717) is 0 Å². The molecule has 0 amide bonds. The summed E-state index contributed by atoms with van der Waals surface area (Å²) in [6.45, 7) is 1.80. The predicted molar refractivity (Wildman–Crippen MR) is 43.2 cm³/mol. The zero-order valence-corrected chi connectivity index (χ0v) is 6.48. The van der Waals surface area contributed by atoms with Gasteiger partial charge in [-0.05, 0) is 24.6 Å². The largest absolute Gasteiger partial charge is 0.397 e. The minimum atomic E-state index is -0.884. The van der Waals surface area contributed by atoms with E-state index in [1.165, 1.54) is 6.07 Å². The maximum atomic E-state index is 9.96. The van der Waals surface area contributed by atoms with Crippen LogP contribution in [0.25, 0.3) is 0 Å². The van der Waals surface area contributed by atoms with Crippen LogP contribution in [0.1, 0.15) is 5.56 Å². The van der Waals surface area contributed by atoms with Gasteiger partial charge in [-0.1, -0.05) is 6.07 Å². The van der Waals surface area contributed by atoms with Crippen molar-refractivity contribution in [3.8, 4) is 5.75 Å². The molecular formula is C7H8N2O3. The van der Waals surface area contributed by atoms with Gasteiger partial charge in [-0.2, -0.15) is 0 Å². The Balaban J connectivity index is 2.97. The molecule has 1 aromatic carbocycles. The van der Waals surface area contributed by atoms with Crippen molar-refractivity contribution in [3.63, 3.8) is 0 Å². The number of hydrogen-bond donors (Lipinski definition) is 1. The summed E-state index contributed by atoms with van der Waals surface area (Å²) in [6, 6.07) is 4.83. The van der Waals surface area contributed by atoms with Gasteiger partial charge in [-0.3, -0.25) is 4.84 Å².